The summed E-state index contributed by atoms with van der Waals surface area (Å²) >= 11 is 7.87. The third-order valence-corrected chi connectivity index (χ3v) is 8.13. The molecule has 7 nitrogen and oxygen atoms in total. The number of nitrogens with two attached hydrogens (primary N) is 1. The van der Waals surface area contributed by atoms with Gasteiger partial charge in [0.2, 0.25) is 0 Å². The van der Waals surface area contributed by atoms with Gasteiger partial charge in [0.25, 0.3) is 5.91 Å². The number of aromatic nitrogens is 1. The standard InChI is InChI=1S/C26H35ClN6OS/c1-18(2)33-12-10-32(11-13-33)9-3-7-29-17-24-22(27)15-23(35-24)26(34)31-16-19-4-5-21-20(14-19)6-8-30-25(21)28/h4-6,8,14-15,18,29H,3,7,9-13,16-17H2,1-2H3,(H2,28,30)(H,31,34). The van der Waals surface area contributed by atoms with Gasteiger partial charge in [-0.3, -0.25) is 9.69 Å². The van der Waals surface area contributed by atoms with Crippen LogP contribution in [0, 0.1) is 0 Å². The first kappa shape index (κ1) is 25.9. The number of nitrogens with zero attached hydrogens (tertiary/aromatic N) is 3. The minimum Gasteiger partial charge on any atom is -0.383 e. The minimum atomic E-state index is -0.113. The van der Waals surface area contributed by atoms with Crippen molar-refractivity contribution in [3.05, 3.63) is 56.9 Å². The number of pyridine rings is 1. The van der Waals surface area contributed by atoms with Crippen LogP contribution in [-0.4, -0.2) is 66.0 Å². The Morgan fingerprint density at radius 3 is 2.74 bits per heavy atom. The predicted molar refractivity (Wildman–Crippen MR) is 146 cm³/mol. The molecule has 1 amide bonds. The number of amides is 1. The van der Waals surface area contributed by atoms with Crippen LogP contribution in [0.3, 0.4) is 0 Å². The summed E-state index contributed by atoms with van der Waals surface area (Å²) in [6, 6.07) is 10.2. The van der Waals surface area contributed by atoms with E-state index in [1.54, 1.807) is 12.3 Å². The molecule has 0 aliphatic carbocycles. The van der Waals surface area contributed by atoms with Crippen molar-refractivity contribution in [3.63, 3.8) is 0 Å². The number of fused-ring (bicyclic) bond motifs is 1. The lowest BCUT2D eigenvalue weighted by molar-refractivity contribution is 0.0955. The highest BCUT2D eigenvalue weighted by molar-refractivity contribution is 7.14. The fraction of sp³-hybridized carbons (Fsp3) is 0.462. The van der Waals surface area contributed by atoms with Gasteiger partial charge in [-0.25, -0.2) is 4.98 Å². The van der Waals surface area contributed by atoms with Crippen LogP contribution in [0.25, 0.3) is 10.8 Å². The molecule has 4 rings (SSSR count). The van der Waals surface area contributed by atoms with Gasteiger partial charge < -0.3 is 21.3 Å². The molecule has 3 heterocycles. The number of anilines is 1. The van der Waals surface area contributed by atoms with E-state index in [9.17, 15) is 4.79 Å². The smallest absolute Gasteiger partial charge is 0.261 e. The Kier molecular flexibility index (Phi) is 8.97. The van der Waals surface area contributed by atoms with Crippen LogP contribution in [0.15, 0.2) is 36.5 Å². The van der Waals surface area contributed by atoms with E-state index in [0.717, 1.165) is 66.9 Å². The zero-order valence-electron chi connectivity index (χ0n) is 20.5. The Labute approximate surface area is 216 Å². The van der Waals surface area contributed by atoms with Crippen LogP contribution in [0.4, 0.5) is 5.82 Å². The summed E-state index contributed by atoms with van der Waals surface area (Å²) in [6.07, 6.45) is 2.79. The zero-order valence-corrected chi connectivity index (χ0v) is 22.1. The molecule has 35 heavy (non-hydrogen) atoms. The van der Waals surface area contributed by atoms with Crippen molar-refractivity contribution in [2.45, 2.75) is 39.4 Å². The van der Waals surface area contributed by atoms with Crippen molar-refractivity contribution in [3.8, 4) is 0 Å². The number of thiophene rings is 1. The normalized spacial score (nSPS) is 15.2. The van der Waals surface area contributed by atoms with Gasteiger partial charge in [-0.05, 0) is 62.5 Å². The lowest BCUT2D eigenvalue weighted by atomic mass is 10.1. The van der Waals surface area contributed by atoms with Crippen LogP contribution in [0.2, 0.25) is 5.02 Å². The van der Waals surface area contributed by atoms with Gasteiger partial charge in [-0.15, -0.1) is 11.3 Å². The summed E-state index contributed by atoms with van der Waals surface area (Å²) in [4.78, 5) is 23.5. The topological polar surface area (TPSA) is 86.5 Å². The van der Waals surface area contributed by atoms with Crippen molar-refractivity contribution >= 4 is 45.4 Å². The van der Waals surface area contributed by atoms with Gasteiger partial charge in [-0.2, -0.15) is 0 Å². The van der Waals surface area contributed by atoms with Crippen molar-refractivity contribution in [1.82, 2.24) is 25.4 Å². The fourth-order valence-electron chi connectivity index (χ4n) is 4.40. The van der Waals surface area contributed by atoms with E-state index < -0.39 is 0 Å². The van der Waals surface area contributed by atoms with E-state index in [4.69, 9.17) is 17.3 Å². The molecule has 0 radical (unpaired) electrons. The Morgan fingerprint density at radius 1 is 1.17 bits per heavy atom. The summed E-state index contributed by atoms with van der Waals surface area (Å²) in [7, 11) is 0. The molecule has 3 aromatic rings. The van der Waals surface area contributed by atoms with E-state index in [1.807, 2.05) is 24.3 Å². The molecule has 4 N–H and O–H groups in total. The van der Waals surface area contributed by atoms with Crippen LogP contribution >= 0.6 is 22.9 Å². The molecule has 1 aliphatic rings. The van der Waals surface area contributed by atoms with Crippen LogP contribution < -0.4 is 16.4 Å². The maximum Gasteiger partial charge on any atom is 0.261 e. The maximum atomic E-state index is 12.7. The highest BCUT2D eigenvalue weighted by Gasteiger charge is 2.18. The van der Waals surface area contributed by atoms with Crippen molar-refractivity contribution in [2.75, 3.05) is 45.0 Å². The van der Waals surface area contributed by atoms with Crippen molar-refractivity contribution in [1.29, 1.82) is 0 Å². The summed E-state index contributed by atoms with van der Waals surface area (Å²) in [5, 5.41) is 9.05. The second kappa shape index (κ2) is 12.1. The van der Waals surface area contributed by atoms with Crippen LogP contribution in [0.5, 0.6) is 0 Å². The van der Waals surface area contributed by atoms with Gasteiger partial charge in [-0.1, -0.05) is 23.7 Å². The first-order valence-corrected chi connectivity index (χ1v) is 13.5. The Bertz CT molecular complexity index is 1140. The molecular weight excluding hydrogens is 480 g/mol. The number of carbonyl (C=O) groups is 1. The molecule has 188 valence electrons. The quantitative estimate of drug-likeness (QED) is 0.355. The summed E-state index contributed by atoms with van der Waals surface area (Å²) in [6.45, 7) is 12.3. The summed E-state index contributed by atoms with van der Waals surface area (Å²) in [5.41, 5.74) is 6.93. The molecule has 0 bridgehead atoms. The average molecular weight is 515 g/mol. The monoisotopic (exact) mass is 514 g/mol. The summed E-state index contributed by atoms with van der Waals surface area (Å²) < 4.78 is 0. The average Bonchev–Trinajstić information content (AvgIpc) is 3.23. The first-order valence-electron chi connectivity index (χ1n) is 12.3. The number of hydrogen-bond acceptors (Lipinski definition) is 7. The van der Waals surface area contributed by atoms with E-state index in [1.165, 1.54) is 11.3 Å². The highest BCUT2D eigenvalue weighted by Crippen LogP contribution is 2.27. The predicted octanol–water partition coefficient (Wildman–Crippen LogP) is 3.97. The number of benzene rings is 1. The van der Waals surface area contributed by atoms with E-state index in [-0.39, 0.29) is 5.91 Å². The lowest BCUT2D eigenvalue weighted by Gasteiger charge is -2.36. The molecule has 1 aromatic carbocycles. The lowest BCUT2D eigenvalue weighted by Crippen LogP contribution is -2.49. The van der Waals surface area contributed by atoms with Crippen molar-refractivity contribution < 1.29 is 4.79 Å². The molecular formula is C26H35ClN6OS. The first-order chi connectivity index (χ1) is 16.9. The SMILES string of the molecule is CC(C)N1CCN(CCCNCc2sc(C(=O)NCc3ccc4c(N)nccc4c3)cc2Cl)CC1. The molecule has 0 spiro atoms. The van der Waals surface area contributed by atoms with Gasteiger partial charge in [0, 0.05) is 61.8 Å². The van der Waals surface area contributed by atoms with Gasteiger partial charge in [0.1, 0.15) is 5.82 Å². The Hall–Kier alpha value is -2.23. The van der Waals surface area contributed by atoms with E-state index in [2.05, 4.69) is 39.3 Å². The van der Waals surface area contributed by atoms with Gasteiger partial charge in [0.15, 0.2) is 0 Å². The zero-order chi connectivity index (χ0) is 24.8. The number of rotatable bonds is 10. The number of nitrogens with one attached hydrogen (secondary N) is 2. The molecule has 1 fully saturated rings. The Balaban J connectivity index is 1.19. The highest BCUT2D eigenvalue weighted by atomic mass is 35.5. The second-order valence-electron chi connectivity index (χ2n) is 9.32. The van der Waals surface area contributed by atoms with Gasteiger partial charge in [0.05, 0.1) is 9.90 Å². The largest absolute Gasteiger partial charge is 0.383 e. The number of nitrogen functional groups attached to an aromatic ring is 1. The number of carbonyl (C=O) groups excluding carboxylic acids is 1. The van der Waals surface area contributed by atoms with Crippen molar-refractivity contribution in [2.24, 2.45) is 0 Å². The molecule has 1 saturated heterocycles. The maximum absolute atomic E-state index is 12.7. The molecule has 9 heteroatoms. The van der Waals surface area contributed by atoms with Gasteiger partial charge >= 0.3 is 0 Å². The van der Waals surface area contributed by atoms with E-state index >= 15 is 0 Å². The number of hydrogen-bond donors (Lipinski definition) is 3. The fourth-order valence-corrected chi connectivity index (χ4v) is 5.70. The third kappa shape index (κ3) is 6.92. The third-order valence-electron chi connectivity index (χ3n) is 6.54. The molecule has 0 atom stereocenters. The molecule has 0 unspecified atom stereocenters. The molecule has 2 aromatic heterocycles. The summed E-state index contributed by atoms with van der Waals surface area (Å²) in [5.74, 6) is 0.398. The second-order valence-corrected chi connectivity index (χ2v) is 10.9. The van der Waals surface area contributed by atoms with Crippen LogP contribution in [0.1, 0.15) is 40.4 Å². The number of halogens is 1. The molecule has 1 aliphatic heterocycles. The number of piperazine rings is 1. The van der Waals surface area contributed by atoms with Crippen LogP contribution in [-0.2, 0) is 13.1 Å². The van der Waals surface area contributed by atoms with E-state index in [0.29, 0.717) is 34.8 Å². The minimum absolute atomic E-state index is 0.113. The molecule has 0 saturated carbocycles. The Morgan fingerprint density at radius 2 is 1.97 bits per heavy atom.